The van der Waals surface area contributed by atoms with Gasteiger partial charge in [0.05, 0.1) is 18.8 Å². The van der Waals surface area contributed by atoms with E-state index in [1.54, 1.807) is 18.2 Å². The zero-order chi connectivity index (χ0) is 28.4. The van der Waals surface area contributed by atoms with E-state index in [9.17, 15) is 9.90 Å². The molecule has 0 saturated heterocycles. The second-order valence-electron chi connectivity index (χ2n) is 10.3. The van der Waals surface area contributed by atoms with Gasteiger partial charge in [-0.1, -0.05) is 54.7 Å². The maximum Gasteiger partial charge on any atom is 0.252 e. The average molecular weight is 548 g/mol. The fraction of sp³-hybridized carbons (Fsp3) is 0.467. The van der Waals surface area contributed by atoms with Gasteiger partial charge in [-0.15, -0.1) is 6.58 Å². The predicted octanol–water partition coefficient (Wildman–Crippen LogP) is 4.90. The molecule has 10 nitrogen and oxygen atoms in total. The van der Waals surface area contributed by atoms with E-state index in [0.717, 1.165) is 24.8 Å². The molecular weight excluding hydrogens is 510 g/mol. The van der Waals surface area contributed by atoms with Crippen molar-refractivity contribution in [2.75, 3.05) is 19.8 Å². The van der Waals surface area contributed by atoms with Crippen LogP contribution in [0.2, 0.25) is 0 Å². The van der Waals surface area contributed by atoms with E-state index in [1.807, 2.05) is 36.4 Å². The molecule has 0 radical (unpaired) electrons. The lowest BCUT2D eigenvalue weighted by Crippen LogP contribution is -2.53. The molecule has 0 unspecified atom stereocenters. The first-order valence-corrected chi connectivity index (χ1v) is 13.8. The van der Waals surface area contributed by atoms with Gasteiger partial charge >= 0.3 is 0 Å². The third-order valence-electron chi connectivity index (χ3n) is 7.49. The highest BCUT2D eigenvalue weighted by Crippen LogP contribution is 2.44. The standard InChI is InChI=1S/C30H37N5O5/c1-2-15-30(28(37)32-21-29(38)16-6-3-7-17-29)26(25-10-5-4-9-23(25)20-33-35-31)40-27(34-30)22-11-13-24(14-12-22)39-19-8-18-36/h2,4-5,9-14,26,36,38H,1,3,6-8,15-21H2,(H,32,37)/t26-,30-/m1/s1. The Morgan fingerprint density at radius 3 is 2.67 bits per heavy atom. The number of ether oxygens (including phenoxy) is 2. The van der Waals surface area contributed by atoms with Crippen molar-refractivity contribution in [1.82, 2.24) is 5.32 Å². The van der Waals surface area contributed by atoms with Crippen LogP contribution in [0, 0.1) is 0 Å². The van der Waals surface area contributed by atoms with Crippen LogP contribution in [0.3, 0.4) is 0 Å². The minimum absolute atomic E-state index is 0.0517. The molecule has 1 heterocycles. The lowest BCUT2D eigenvalue weighted by Gasteiger charge is -2.35. The summed E-state index contributed by atoms with van der Waals surface area (Å²) in [6, 6.07) is 14.6. The highest BCUT2D eigenvalue weighted by molar-refractivity contribution is 6.01. The minimum Gasteiger partial charge on any atom is -0.494 e. The van der Waals surface area contributed by atoms with Gasteiger partial charge in [0.15, 0.2) is 11.6 Å². The third-order valence-corrected chi connectivity index (χ3v) is 7.49. The Balaban J connectivity index is 1.70. The maximum atomic E-state index is 14.0. The number of hydrogen-bond donors (Lipinski definition) is 3. The van der Waals surface area contributed by atoms with Crippen molar-refractivity contribution < 1.29 is 24.5 Å². The number of aliphatic imine (C=N–C) groups is 1. The molecule has 212 valence electrons. The number of carbonyl (C=O) groups is 1. The molecule has 3 N–H and O–H groups in total. The van der Waals surface area contributed by atoms with Crippen molar-refractivity contribution in [1.29, 1.82) is 0 Å². The van der Waals surface area contributed by atoms with Crippen molar-refractivity contribution in [3.05, 3.63) is 88.3 Å². The van der Waals surface area contributed by atoms with E-state index in [-0.39, 0.29) is 32.0 Å². The molecule has 10 heteroatoms. The number of benzene rings is 2. The Morgan fingerprint density at radius 1 is 1.23 bits per heavy atom. The van der Waals surface area contributed by atoms with Crippen LogP contribution in [0.25, 0.3) is 10.4 Å². The summed E-state index contributed by atoms with van der Waals surface area (Å²) in [5.74, 6) is 0.565. The molecule has 1 saturated carbocycles. The second kappa shape index (κ2) is 13.5. The zero-order valence-corrected chi connectivity index (χ0v) is 22.7. The predicted molar refractivity (Wildman–Crippen MR) is 152 cm³/mol. The highest BCUT2D eigenvalue weighted by atomic mass is 16.5. The van der Waals surface area contributed by atoms with Gasteiger partial charge in [0.25, 0.3) is 5.91 Å². The SMILES string of the molecule is C=CC[C@@]1(C(=O)NCC2(O)CCCCC2)N=C(c2ccc(OCCCO)cc2)O[C@@H]1c1ccccc1CN=[N+]=[N-]. The Morgan fingerprint density at radius 2 is 1.98 bits per heavy atom. The Kier molecular flexibility index (Phi) is 9.82. The Labute approximate surface area is 234 Å². The number of azide groups is 1. The van der Waals surface area contributed by atoms with E-state index >= 15 is 0 Å². The van der Waals surface area contributed by atoms with Gasteiger partial charge in [0.2, 0.25) is 5.90 Å². The lowest BCUT2D eigenvalue weighted by atomic mass is 9.81. The first-order chi connectivity index (χ1) is 19.4. The second-order valence-corrected chi connectivity index (χ2v) is 10.3. The molecule has 40 heavy (non-hydrogen) atoms. The molecular formula is C30H37N5O5. The molecule has 0 bridgehead atoms. The van der Waals surface area contributed by atoms with Gasteiger partial charge in [-0.25, -0.2) is 4.99 Å². The fourth-order valence-corrected chi connectivity index (χ4v) is 5.34. The third kappa shape index (κ3) is 6.65. The van der Waals surface area contributed by atoms with Gasteiger partial charge in [-0.3, -0.25) is 4.79 Å². The van der Waals surface area contributed by atoms with Crippen molar-refractivity contribution in [2.45, 2.75) is 68.7 Å². The lowest BCUT2D eigenvalue weighted by molar-refractivity contribution is -0.130. The van der Waals surface area contributed by atoms with E-state index in [2.05, 4.69) is 21.9 Å². The number of nitrogens with zero attached hydrogens (tertiary/aromatic N) is 4. The molecule has 1 amide bonds. The summed E-state index contributed by atoms with van der Waals surface area (Å²) in [5.41, 5.74) is 8.67. The van der Waals surface area contributed by atoms with E-state index in [1.165, 1.54) is 0 Å². The number of carbonyl (C=O) groups excluding carboxylic acids is 1. The van der Waals surface area contributed by atoms with Crippen LogP contribution in [0.4, 0.5) is 0 Å². The van der Waals surface area contributed by atoms with Crippen LogP contribution in [0.1, 0.15) is 67.7 Å². The van der Waals surface area contributed by atoms with Crippen molar-refractivity contribution >= 4 is 11.8 Å². The molecule has 1 aliphatic heterocycles. The Hall–Kier alpha value is -3.85. The zero-order valence-electron chi connectivity index (χ0n) is 22.7. The number of rotatable bonds is 13. The summed E-state index contributed by atoms with van der Waals surface area (Å²) in [6.07, 6.45) is 5.73. The van der Waals surface area contributed by atoms with E-state index in [4.69, 9.17) is 25.1 Å². The topological polar surface area (TPSA) is 149 Å². The molecule has 4 rings (SSSR count). The summed E-state index contributed by atoms with van der Waals surface area (Å²) in [4.78, 5) is 21.9. The van der Waals surface area contributed by atoms with Crippen LogP contribution in [-0.2, 0) is 16.1 Å². The average Bonchev–Trinajstić information content (AvgIpc) is 3.36. The monoisotopic (exact) mass is 547 g/mol. The number of amides is 1. The van der Waals surface area contributed by atoms with Crippen LogP contribution in [-0.4, -0.2) is 52.9 Å². The summed E-state index contributed by atoms with van der Waals surface area (Å²) in [6.45, 7) is 4.57. The number of nitrogens with one attached hydrogen (secondary N) is 1. The van der Waals surface area contributed by atoms with Crippen molar-refractivity contribution in [3.8, 4) is 5.75 Å². The summed E-state index contributed by atoms with van der Waals surface area (Å²) < 4.78 is 12.1. The first kappa shape index (κ1) is 29.1. The van der Waals surface area contributed by atoms with E-state index < -0.39 is 17.2 Å². The van der Waals surface area contributed by atoms with Crippen molar-refractivity contribution in [3.63, 3.8) is 0 Å². The van der Waals surface area contributed by atoms with Gasteiger partial charge in [0, 0.05) is 36.5 Å². The molecule has 2 atom stereocenters. The van der Waals surface area contributed by atoms with Crippen LogP contribution < -0.4 is 10.1 Å². The molecule has 0 aromatic heterocycles. The molecule has 0 spiro atoms. The van der Waals surface area contributed by atoms with Gasteiger partial charge in [-0.2, -0.15) is 0 Å². The fourth-order valence-electron chi connectivity index (χ4n) is 5.34. The summed E-state index contributed by atoms with van der Waals surface area (Å²) in [5, 5.41) is 26.8. The quantitative estimate of drug-likeness (QED) is 0.107. The molecule has 1 aliphatic carbocycles. The smallest absolute Gasteiger partial charge is 0.252 e. The Bertz CT molecular complexity index is 1250. The summed E-state index contributed by atoms with van der Waals surface area (Å²) in [7, 11) is 0. The molecule has 1 fully saturated rings. The largest absolute Gasteiger partial charge is 0.494 e. The van der Waals surface area contributed by atoms with Crippen LogP contribution in [0.15, 0.2) is 71.3 Å². The van der Waals surface area contributed by atoms with Crippen LogP contribution in [0.5, 0.6) is 5.75 Å². The number of hydrogen-bond acceptors (Lipinski definition) is 7. The molecule has 2 aliphatic rings. The first-order valence-electron chi connectivity index (χ1n) is 13.8. The van der Waals surface area contributed by atoms with Crippen LogP contribution >= 0.6 is 0 Å². The number of aliphatic hydroxyl groups is 2. The van der Waals surface area contributed by atoms with Gasteiger partial charge in [-0.05, 0) is 53.8 Å². The minimum atomic E-state index is -1.40. The van der Waals surface area contributed by atoms with Crippen molar-refractivity contribution in [2.24, 2.45) is 10.1 Å². The van der Waals surface area contributed by atoms with Gasteiger partial charge < -0.3 is 25.0 Å². The van der Waals surface area contributed by atoms with E-state index in [0.29, 0.717) is 48.6 Å². The number of aliphatic hydroxyl groups excluding tert-OH is 1. The molecule has 2 aromatic carbocycles. The summed E-state index contributed by atoms with van der Waals surface area (Å²) >= 11 is 0. The normalized spacial score (nSPS) is 21.4. The maximum absolute atomic E-state index is 14.0. The van der Waals surface area contributed by atoms with Gasteiger partial charge in [0.1, 0.15) is 5.75 Å². The highest BCUT2D eigenvalue weighted by Gasteiger charge is 2.53. The molecule has 2 aromatic rings.